The summed E-state index contributed by atoms with van der Waals surface area (Å²) in [5.74, 6) is 2.32. The maximum Gasteiger partial charge on any atom is 0.159 e. The molecule has 0 saturated carbocycles. The molecule has 0 radical (unpaired) electrons. The minimum absolute atomic E-state index is 0.696. The third-order valence-electron chi connectivity index (χ3n) is 5.16. The van der Waals surface area contributed by atoms with Gasteiger partial charge in [-0.25, -0.2) is 9.97 Å². The summed E-state index contributed by atoms with van der Waals surface area (Å²) >= 11 is 0. The second-order valence-electron chi connectivity index (χ2n) is 7.84. The number of aromatic nitrogens is 2. The molecule has 5 heteroatoms. The van der Waals surface area contributed by atoms with Crippen molar-refractivity contribution >= 4 is 0 Å². The minimum Gasteiger partial charge on any atom is -0.494 e. The molecule has 0 fully saturated rings. The van der Waals surface area contributed by atoms with Gasteiger partial charge in [0.15, 0.2) is 11.6 Å². The molecule has 0 unspecified atom stereocenters. The maximum atomic E-state index is 5.85. The molecule has 172 valence electrons. The molecule has 1 heterocycles. The van der Waals surface area contributed by atoms with Crippen molar-refractivity contribution in [2.75, 3.05) is 26.4 Å². The van der Waals surface area contributed by atoms with Crippen LogP contribution in [0.4, 0.5) is 0 Å². The lowest BCUT2D eigenvalue weighted by Gasteiger charge is -2.08. The molecule has 0 amide bonds. The van der Waals surface area contributed by atoms with Gasteiger partial charge in [-0.15, -0.1) is 0 Å². The van der Waals surface area contributed by atoms with Crippen LogP contribution >= 0.6 is 0 Å². The van der Waals surface area contributed by atoms with Crippen LogP contribution in [0.5, 0.6) is 11.5 Å². The van der Waals surface area contributed by atoms with Gasteiger partial charge in [-0.1, -0.05) is 45.4 Å². The molecular weight excluding hydrogens is 388 g/mol. The highest BCUT2D eigenvalue weighted by Gasteiger charge is 2.03. The molecule has 0 aliphatic rings. The highest BCUT2D eigenvalue weighted by atomic mass is 16.5. The molecule has 0 atom stereocenters. The summed E-state index contributed by atoms with van der Waals surface area (Å²) in [5.41, 5.74) is 0.979. The van der Waals surface area contributed by atoms with E-state index in [0.717, 1.165) is 62.6 Å². The molecule has 0 bridgehead atoms. The Morgan fingerprint density at radius 2 is 1.16 bits per heavy atom. The zero-order valence-corrected chi connectivity index (χ0v) is 19.5. The monoisotopic (exact) mass is 428 g/mol. The summed E-state index contributed by atoms with van der Waals surface area (Å²) in [7, 11) is 0. The predicted molar refractivity (Wildman–Crippen MR) is 127 cm³/mol. The second kappa shape index (κ2) is 16.5. The number of rotatable bonds is 18. The Labute approximate surface area is 188 Å². The van der Waals surface area contributed by atoms with Crippen LogP contribution in [0.25, 0.3) is 11.4 Å². The van der Waals surface area contributed by atoms with Gasteiger partial charge in [0.05, 0.1) is 25.6 Å². The Balaban J connectivity index is 1.63. The van der Waals surface area contributed by atoms with E-state index in [2.05, 4.69) is 16.9 Å². The van der Waals surface area contributed by atoms with E-state index in [1.165, 1.54) is 38.5 Å². The van der Waals surface area contributed by atoms with Crippen LogP contribution < -0.4 is 9.47 Å². The van der Waals surface area contributed by atoms with Gasteiger partial charge in [0.25, 0.3) is 0 Å². The summed E-state index contributed by atoms with van der Waals surface area (Å²) in [4.78, 5) is 8.89. The van der Waals surface area contributed by atoms with E-state index in [0.29, 0.717) is 12.4 Å². The van der Waals surface area contributed by atoms with Crippen LogP contribution in [-0.4, -0.2) is 36.4 Å². The van der Waals surface area contributed by atoms with Crippen LogP contribution in [0.2, 0.25) is 0 Å². The molecule has 0 spiro atoms. The number of hydrogen-bond acceptors (Lipinski definition) is 5. The fourth-order valence-corrected chi connectivity index (χ4v) is 3.31. The highest BCUT2D eigenvalue weighted by molar-refractivity contribution is 5.56. The molecule has 0 N–H and O–H groups in total. The number of benzene rings is 1. The van der Waals surface area contributed by atoms with Crippen LogP contribution in [0.3, 0.4) is 0 Å². The van der Waals surface area contributed by atoms with Crippen LogP contribution in [0.1, 0.15) is 78.1 Å². The molecule has 0 aliphatic carbocycles. The Morgan fingerprint density at radius 3 is 1.77 bits per heavy atom. The van der Waals surface area contributed by atoms with Gasteiger partial charge >= 0.3 is 0 Å². The molecule has 5 nitrogen and oxygen atoms in total. The number of unbranched alkanes of at least 4 members (excludes halogenated alkanes) is 8. The van der Waals surface area contributed by atoms with E-state index < -0.39 is 0 Å². The lowest BCUT2D eigenvalue weighted by atomic mass is 10.1. The Hall–Kier alpha value is -2.14. The van der Waals surface area contributed by atoms with Crippen molar-refractivity contribution in [2.45, 2.75) is 78.1 Å². The van der Waals surface area contributed by atoms with E-state index >= 15 is 0 Å². The Bertz CT molecular complexity index is 674. The van der Waals surface area contributed by atoms with E-state index in [4.69, 9.17) is 14.2 Å². The SMILES string of the molecule is CCCCCCCCOc1ccc(-c2ncc(OCCCCCCOCC)cn2)cc1. The molecule has 1 aromatic carbocycles. The fourth-order valence-electron chi connectivity index (χ4n) is 3.31. The van der Waals surface area contributed by atoms with Crippen LogP contribution in [-0.2, 0) is 4.74 Å². The third-order valence-corrected chi connectivity index (χ3v) is 5.16. The zero-order valence-electron chi connectivity index (χ0n) is 19.5. The van der Waals surface area contributed by atoms with E-state index in [1.807, 2.05) is 31.2 Å². The minimum atomic E-state index is 0.696. The van der Waals surface area contributed by atoms with Crippen LogP contribution in [0.15, 0.2) is 36.7 Å². The van der Waals surface area contributed by atoms with Gasteiger partial charge in [-0.05, 0) is 56.9 Å². The van der Waals surface area contributed by atoms with Crippen molar-refractivity contribution < 1.29 is 14.2 Å². The first kappa shape index (κ1) is 25.1. The number of hydrogen-bond donors (Lipinski definition) is 0. The third kappa shape index (κ3) is 11.2. The zero-order chi connectivity index (χ0) is 22.0. The molecule has 1 aromatic heterocycles. The normalized spacial score (nSPS) is 10.9. The van der Waals surface area contributed by atoms with Crippen LogP contribution in [0, 0.1) is 0 Å². The Kier molecular flexibility index (Phi) is 13.4. The Morgan fingerprint density at radius 1 is 0.613 bits per heavy atom. The second-order valence-corrected chi connectivity index (χ2v) is 7.84. The van der Waals surface area contributed by atoms with Crippen molar-refractivity contribution in [1.82, 2.24) is 9.97 Å². The molecule has 2 rings (SSSR count). The summed E-state index contributed by atoms with van der Waals surface area (Å²) in [6, 6.07) is 8.00. The highest BCUT2D eigenvalue weighted by Crippen LogP contribution is 2.21. The first-order valence-corrected chi connectivity index (χ1v) is 12.1. The molecular formula is C26H40N2O3. The van der Waals surface area contributed by atoms with E-state index in [9.17, 15) is 0 Å². The smallest absolute Gasteiger partial charge is 0.159 e. The lowest BCUT2D eigenvalue weighted by Crippen LogP contribution is -2.00. The standard InChI is InChI=1S/C26H40N2O3/c1-3-5-6-7-8-12-19-30-24-16-14-23(15-17-24)26-27-21-25(22-28-26)31-20-13-10-9-11-18-29-4-2/h14-17,21-22H,3-13,18-20H2,1-2H3. The van der Waals surface area contributed by atoms with Gasteiger partial charge in [-0.3, -0.25) is 0 Å². The largest absolute Gasteiger partial charge is 0.494 e. The van der Waals surface area contributed by atoms with Gasteiger partial charge in [0, 0.05) is 18.8 Å². The lowest BCUT2D eigenvalue weighted by molar-refractivity contribution is 0.142. The average Bonchev–Trinajstić information content (AvgIpc) is 2.81. The molecule has 31 heavy (non-hydrogen) atoms. The summed E-state index contributed by atoms with van der Waals surface area (Å²) in [5, 5.41) is 0. The number of nitrogens with zero attached hydrogens (tertiary/aromatic N) is 2. The first-order chi connectivity index (χ1) is 15.3. The molecule has 0 saturated heterocycles. The topological polar surface area (TPSA) is 53.5 Å². The fraction of sp³-hybridized carbons (Fsp3) is 0.615. The quantitative estimate of drug-likeness (QED) is 0.243. The van der Waals surface area contributed by atoms with Crippen molar-refractivity contribution in [3.05, 3.63) is 36.7 Å². The van der Waals surface area contributed by atoms with Crippen molar-refractivity contribution in [1.29, 1.82) is 0 Å². The van der Waals surface area contributed by atoms with Gasteiger partial charge in [0.2, 0.25) is 0 Å². The van der Waals surface area contributed by atoms with Gasteiger partial charge in [0.1, 0.15) is 5.75 Å². The summed E-state index contributed by atoms with van der Waals surface area (Å²) in [6.45, 7) is 7.41. The van der Waals surface area contributed by atoms with Crippen molar-refractivity contribution in [3.63, 3.8) is 0 Å². The van der Waals surface area contributed by atoms with Crippen molar-refractivity contribution in [3.8, 4) is 22.9 Å². The van der Waals surface area contributed by atoms with Gasteiger partial charge < -0.3 is 14.2 Å². The van der Waals surface area contributed by atoms with E-state index in [-0.39, 0.29) is 0 Å². The average molecular weight is 429 g/mol. The summed E-state index contributed by atoms with van der Waals surface area (Å²) in [6.07, 6.45) is 15.6. The summed E-state index contributed by atoms with van der Waals surface area (Å²) < 4.78 is 16.9. The maximum absolute atomic E-state index is 5.85. The molecule has 0 aliphatic heterocycles. The first-order valence-electron chi connectivity index (χ1n) is 12.1. The molecule has 2 aromatic rings. The number of ether oxygens (including phenoxy) is 3. The van der Waals surface area contributed by atoms with Crippen molar-refractivity contribution in [2.24, 2.45) is 0 Å². The predicted octanol–water partition coefficient (Wildman–Crippen LogP) is 6.86. The van der Waals surface area contributed by atoms with E-state index in [1.54, 1.807) is 12.4 Å². The van der Waals surface area contributed by atoms with Gasteiger partial charge in [-0.2, -0.15) is 0 Å².